The molecule has 1 fully saturated rings. The average molecular weight is 303 g/mol. The summed E-state index contributed by atoms with van der Waals surface area (Å²) in [4.78, 5) is 1.01. The van der Waals surface area contributed by atoms with Crippen LogP contribution in [0, 0.1) is 11.8 Å². The summed E-state index contributed by atoms with van der Waals surface area (Å²) in [7, 11) is -3.37. The van der Waals surface area contributed by atoms with Crippen molar-refractivity contribution in [1.29, 1.82) is 0 Å². The Balaban J connectivity index is 2.09. The number of rotatable bonds is 4. The lowest BCUT2D eigenvalue weighted by Crippen LogP contribution is -2.39. The fourth-order valence-corrected chi connectivity index (χ4v) is 5.10. The predicted octanol–water partition coefficient (Wildman–Crippen LogP) is 2.30. The Morgan fingerprint density at radius 2 is 2.05 bits per heavy atom. The van der Waals surface area contributed by atoms with Crippen molar-refractivity contribution in [3.8, 4) is 0 Å². The molecule has 0 spiro atoms. The van der Waals surface area contributed by atoms with Crippen molar-refractivity contribution < 1.29 is 13.5 Å². The van der Waals surface area contributed by atoms with E-state index in [-0.39, 0.29) is 6.61 Å². The van der Waals surface area contributed by atoms with E-state index in [2.05, 4.69) is 13.8 Å². The van der Waals surface area contributed by atoms with Crippen LogP contribution < -0.4 is 0 Å². The molecule has 1 saturated heterocycles. The van der Waals surface area contributed by atoms with Crippen LogP contribution in [-0.2, 0) is 16.6 Å². The first-order valence-electron chi connectivity index (χ1n) is 6.63. The van der Waals surface area contributed by atoms with Crippen molar-refractivity contribution in [3.63, 3.8) is 0 Å². The summed E-state index contributed by atoms with van der Waals surface area (Å²) in [6, 6.07) is 1.58. The summed E-state index contributed by atoms with van der Waals surface area (Å²) in [5, 5.41) is 10.6. The lowest BCUT2D eigenvalue weighted by molar-refractivity contribution is 0.226. The average Bonchev–Trinajstić information content (AvgIpc) is 2.88. The van der Waals surface area contributed by atoms with E-state index in [1.54, 1.807) is 15.8 Å². The minimum absolute atomic E-state index is 0.102. The van der Waals surface area contributed by atoms with Gasteiger partial charge in [-0.2, -0.15) is 4.31 Å². The third kappa shape index (κ3) is 3.18. The van der Waals surface area contributed by atoms with Crippen LogP contribution in [0.2, 0.25) is 0 Å². The van der Waals surface area contributed by atoms with E-state index in [1.165, 1.54) is 11.3 Å². The second-order valence-corrected chi connectivity index (χ2v) is 8.33. The summed E-state index contributed by atoms with van der Waals surface area (Å²) in [6.45, 7) is 5.50. The van der Waals surface area contributed by atoms with Gasteiger partial charge >= 0.3 is 0 Å². The number of aliphatic hydroxyl groups is 1. The van der Waals surface area contributed by atoms with Crippen LogP contribution in [0.1, 0.15) is 31.6 Å². The Morgan fingerprint density at radius 3 is 2.53 bits per heavy atom. The largest absolute Gasteiger partial charge is 0.391 e. The van der Waals surface area contributed by atoms with Gasteiger partial charge in [0.1, 0.15) is 0 Å². The van der Waals surface area contributed by atoms with Crippen LogP contribution in [0.5, 0.6) is 0 Å². The van der Waals surface area contributed by atoms with Gasteiger partial charge in [0.25, 0.3) is 0 Å². The van der Waals surface area contributed by atoms with Crippen LogP contribution >= 0.6 is 11.3 Å². The quantitative estimate of drug-likeness (QED) is 0.928. The Hall–Kier alpha value is -0.430. The van der Waals surface area contributed by atoms with Crippen LogP contribution in [0.25, 0.3) is 0 Å². The zero-order valence-corrected chi connectivity index (χ0v) is 13.0. The van der Waals surface area contributed by atoms with Crippen LogP contribution in [0.15, 0.2) is 16.3 Å². The van der Waals surface area contributed by atoms with Crippen LogP contribution in [0.3, 0.4) is 0 Å². The molecule has 0 amide bonds. The van der Waals surface area contributed by atoms with Crippen molar-refractivity contribution >= 4 is 21.4 Å². The van der Waals surface area contributed by atoms with E-state index in [0.29, 0.717) is 34.7 Å². The summed E-state index contributed by atoms with van der Waals surface area (Å²) < 4.78 is 26.5. The fraction of sp³-hybridized carbons (Fsp3) is 0.692. The molecule has 108 valence electrons. The van der Waals surface area contributed by atoms with Gasteiger partial charge in [0.15, 0.2) is 0 Å². The molecule has 0 radical (unpaired) electrons. The maximum atomic E-state index is 12.4. The molecule has 4 nitrogen and oxygen atoms in total. The smallest absolute Gasteiger partial charge is 0.243 e. The van der Waals surface area contributed by atoms with Crippen molar-refractivity contribution in [2.45, 2.75) is 38.2 Å². The second-order valence-electron chi connectivity index (χ2n) is 5.39. The van der Waals surface area contributed by atoms with Crippen molar-refractivity contribution in [3.05, 3.63) is 16.3 Å². The SMILES string of the molecule is CC(C)C1CCN(S(=O)(=O)c2csc(CO)c2)CC1. The molecule has 0 unspecified atom stereocenters. The number of hydrogen-bond acceptors (Lipinski definition) is 4. The number of piperidine rings is 1. The molecule has 0 bridgehead atoms. The molecule has 19 heavy (non-hydrogen) atoms. The Labute approximate surface area is 119 Å². The van der Waals surface area contributed by atoms with E-state index in [9.17, 15) is 8.42 Å². The van der Waals surface area contributed by atoms with Crippen molar-refractivity contribution in [1.82, 2.24) is 4.31 Å². The third-order valence-corrected chi connectivity index (χ3v) is 6.81. The molecule has 1 N–H and O–H groups in total. The molecule has 6 heteroatoms. The van der Waals surface area contributed by atoms with Crippen molar-refractivity contribution in [2.75, 3.05) is 13.1 Å². The number of hydrogen-bond donors (Lipinski definition) is 1. The molecule has 1 aliphatic heterocycles. The van der Waals surface area contributed by atoms with Gasteiger partial charge in [-0.15, -0.1) is 11.3 Å². The van der Waals surface area contributed by atoms with E-state index in [0.717, 1.165) is 12.8 Å². The minimum Gasteiger partial charge on any atom is -0.391 e. The van der Waals surface area contributed by atoms with Gasteiger partial charge < -0.3 is 5.11 Å². The predicted molar refractivity (Wildman–Crippen MR) is 76.6 cm³/mol. The highest BCUT2D eigenvalue weighted by atomic mass is 32.2. The van der Waals surface area contributed by atoms with Gasteiger partial charge in [-0.05, 0) is 30.7 Å². The molecule has 1 aromatic heterocycles. The molecule has 0 aliphatic carbocycles. The summed E-state index contributed by atoms with van der Waals surface area (Å²) in [5.41, 5.74) is 0. The molecular weight excluding hydrogens is 282 g/mol. The summed E-state index contributed by atoms with van der Waals surface area (Å²) in [5.74, 6) is 1.24. The van der Waals surface area contributed by atoms with E-state index < -0.39 is 10.0 Å². The first kappa shape index (κ1) is 15.0. The molecule has 0 saturated carbocycles. The van der Waals surface area contributed by atoms with Gasteiger partial charge in [0, 0.05) is 23.3 Å². The highest BCUT2D eigenvalue weighted by molar-refractivity contribution is 7.89. The van der Waals surface area contributed by atoms with Gasteiger partial charge in [-0.1, -0.05) is 13.8 Å². The van der Waals surface area contributed by atoms with Gasteiger partial charge in [0.05, 0.1) is 11.5 Å². The van der Waals surface area contributed by atoms with E-state index >= 15 is 0 Å². The van der Waals surface area contributed by atoms with Crippen molar-refractivity contribution in [2.24, 2.45) is 11.8 Å². The maximum absolute atomic E-state index is 12.4. The van der Waals surface area contributed by atoms with Crippen LogP contribution in [0.4, 0.5) is 0 Å². The van der Waals surface area contributed by atoms with Gasteiger partial charge in [-0.3, -0.25) is 0 Å². The Kier molecular flexibility index (Phi) is 4.66. The first-order chi connectivity index (χ1) is 8.95. The third-order valence-electron chi connectivity index (χ3n) is 3.86. The minimum atomic E-state index is -3.37. The zero-order valence-electron chi connectivity index (χ0n) is 11.4. The Morgan fingerprint density at radius 1 is 1.42 bits per heavy atom. The highest BCUT2D eigenvalue weighted by Crippen LogP contribution is 2.29. The van der Waals surface area contributed by atoms with E-state index in [1.807, 2.05) is 0 Å². The second kappa shape index (κ2) is 5.91. The van der Waals surface area contributed by atoms with Gasteiger partial charge in [-0.25, -0.2) is 8.42 Å². The molecule has 0 atom stereocenters. The van der Waals surface area contributed by atoms with Gasteiger partial charge in [0.2, 0.25) is 10.0 Å². The summed E-state index contributed by atoms with van der Waals surface area (Å²) in [6.07, 6.45) is 1.88. The lowest BCUT2D eigenvalue weighted by atomic mass is 9.87. The number of thiophene rings is 1. The summed E-state index contributed by atoms with van der Waals surface area (Å²) >= 11 is 1.29. The molecule has 1 aliphatic rings. The monoisotopic (exact) mass is 303 g/mol. The topological polar surface area (TPSA) is 57.6 Å². The van der Waals surface area contributed by atoms with Crippen LogP contribution in [-0.4, -0.2) is 30.9 Å². The maximum Gasteiger partial charge on any atom is 0.243 e. The zero-order chi connectivity index (χ0) is 14.0. The standard InChI is InChI=1S/C13H21NO3S2/c1-10(2)11-3-5-14(6-4-11)19(16,17)13-7-12(8-15)18-9-13/h7,9-11,15H,3-6,8H2,1-2H3. The first-order valence-corrected chi connectivity index (χ1v) is 8.95. The highest BCUT2D eigenvalue weighted by Gasteiger charge is 2.30. The number of nitrogens with zero attached hydrogens (tertiary/aromatic N) is 1. The number of sulfonamides is 1. The van der Waals surface area contributed by atoms with E-state index in [4.69, 9.17) is 5.11 Å². The molecule has 1 aromatic rings. The molecule has 0 aromatic carbocycles. The fourth-order valence-electron chi connectivity index (χ4n) is 2.51. The lowest BCUT2D eigenvalue weighted by Gasteiger charge is -2.32. The number of aliphatic hydroxyl groups excluding tert-OH is 1. The molecule has 2 rings (SSSR count). The normalized spacial score (nSPS) is 19.2. The Bertz CT molecular complexity index is 514. The molecular formula is C13H21NO3S2. The molecule has 2 heterocycles.